The Labute approximate surface area is 96.3 Å². The van der Waals surface area contributed by atoms with Gasteiger partial charge >= 0.3 is 0 Å². The second kappa shape index (κ2) is 4.49. The van der Waals surface area contributed by atoms with Crippen LogP contribution in [-0.4, -0.2) is 4.57 Å². The van der Waals surface area contributed by atoms with Gasteiger partial charge in [0, 0.05) is 6.08 Å². The highest BCUT2D eigenvalue weighted by Gasteiger charge is 2.15. The van der Waals surface area contributed by atoms with Crippen molar-refractivity contribution >= 4 is 17.1 Å². The van der Waals surface area contributed by atoms with E-state index in [9.17, 15) is 0 Å². The Kier molecular flexibility index (Phi) is 3.53. The summed E-state index contributed by atoms with van der Waals surface area (Å²) < 4.78 is 4.41. The Hall–Kier alpha value is -1.28. The van der Waals surface area contributed by atoms with Crippen molar-refractivity contribution in [2.45, 2.75) is 6.92 Å². The topological polar surface area (TPSA) is 8.81 Å². The second-order valence-electron chi connectivity index (χ2n) is 3.46. The van der Waals surface area contributed by atoms with E-state index in [4.69, 9.17) is 0 Å². The van der Waals surface area contributed by atoms with E-state index in [-0.39, 0.29) is 12.4 Å². The lowest BCUT2D eigenvalue weighted by Crippen LogP contribution is -3.00. The first-order valence-electron chi connectivity index (χ1n) is 4.82. The number of para-hydroxylation sites is 2. The smallest absolute Gasteiger partial charge is 0.281 e. The zero-order valence-electron chi connectivity index (χ0n) is 9.24. The molecule has 15 heavy (non-hydrogen) atoms. The molecule has 0 bridgehead atoms. The van der Waals surface area contributed by atoms with Crippen LogP contribution in [0.1, 0.15) is 12.7 Å². The lowest BCUT2D eigenvalue weighted by Gasteiger charge is -1.89. The van der Waals surface area contributed by atoms with Crippen molar-refractivity contribution in [3.05, 3.63) is 36.2 Å². The molecule has 2 rings (SSSR count). The van der Waals surface area contributed by atoms with Crippen molar-refractivity contribution in [3.63, 3.8) is 0 Å². The fourth-order valence-electron chi connectivity index (χ4n) is 1.88. The van der Waals surface area contributed by atoms with Crippen LogP contribution in [0.4, 0.5) is 0 Å². The first-order chi connectivity index (χ1) is 6.75. The van der Waals surface area contributed by atoms with Crippen LogP contribution in [0, 0.1) is 0 Å². The molecule has 2 nitrogen and oxygen atoms in total. The molecule has 0 amide bonds. The van der Waals surface area contributed by atoms with Gasteiger partial charge in [-0.1, -0.05) is 18.2 Å². The number of hydrogen-bond acceptors (Lipinski definition) is 0. The van der Waals surface area contributed by atoms with Gasteiger partial charge in [0.1, 0.15) is 0 Å². The minimum absolute atomic E-state index is 0. The number of halogens is 1. The minimum atomic E-state index is 0. The normalized spacial score (nSPS) is 10.9. The largest absolute Gasteiger partial charge is 1.00 e. The lowest BCUT2D eigenvalue weighted by atomic mass is 10.3. The summed E-state index contributed by atoms with van der Waals surface area (Å²) in [5.74, 6) is 1.22. The zero-order chi connectivity index (χ0) is 10.1. The van der Waals surface area contributed by atoms with Gasteiger partial charge in [0.25, 0.3) is 5.82 Å². The summed E-state index contributed by atoms with van der Waals surface area (Å²) in [6, 6.07) is 8.42. The molecule has 3 heteroatoms. The highest BCUT2D eigenvalue weighted by Crippen LogP contribution is 2.12. The summed E-state index contributed by atoms with van der Waals surface area (Å²) in [5, 5.41) is 0. The number of allylic oxidation sites excluding steroid dienone is 1. The summed E-state index contributed by atoms with van der Waals surface area (Å²) in [7, 11) is 4.19. The maximum absolute atomic E-state index is 2.20. The van der Waals surface area contributed by atoms with Crippen LogP contribution in [0.5, 0.6) is 0 Å². The Bertz CT molecular complexity index is 459. The average molecular weight is 223 g/mol. The van der Waals surface area contributed by atoms with Gasteiger partial charge in [-0.3, -0.25) is 0 Å². The highest BCUT2D eigenvalue weighted by atomic mass is 35.5. The number of rotatable bonds is 1. The number of nitrogens with zero attached hydrogens (tertiary/aromatic N) is 2. The Morgan fingerprint density at radius 1 is 1.27 bits per heavy atom. The number of fused-ring (bicyclic) bond motifs is 1. The van der Waals surface area contributed by atoms with Crippen LogP contribution >= 0.6 is 0 Å². The third kappa shape index (κ3) is 1.77. The van der Waals surface area contributed by atoms with E-state index >= 15 is 0 Å². The van der Waals surface area contributed by atoms with Gasteiger partial charge in [0.2, 0.25) is 0 Å². The van der Waals surface area contributed by atoms with E-state index in [0.29, 0.717) is 0 Å². The van der Waals surface area contributed by atoms with Gasteiger partial charge in [-0.15, -0.1) is 0 Å². The number of aryl methyl sites for hydroxylation is 2. The molecular formula is C12H15ClN2. The maximum Gasteiger partial charge on any atom is 0.281 e. The Morgan fingerprint density at radius 2 is 1.93 bits per heavy atom. The predicted molar refractivity (Wildman–Crippen MR) is 58.8 cm³/mol. The first kappa shape index (κ1) is 11.8. The van der Waals surface area contributed by atoms with Crippen molar-refractivity contribution in [2.24, 2.45) is 14.1 Å². The van der Waals surface area contributed by atoms with Crippen molar-refractivity contribution in [1.82, 2.24) is 4.57 Å². The summed E-state index contributed by atoms with van der Waals surface area (Å²) in [6.45, 7) is 2.04. The van der Waals surface area contributed by atoms with Gasteiger partial charge in [0.15, 0.2) is 11.0 Å². The lowest BCUT2D eigenvalue weighted by molar-refractivity contribution is -0.647. The van der Waals surface area contributed by atoms with Crippen LogP contribution in [-0.2, 0) is 14.1 Å². The summed E-state index contributed by atoms with van der Waals surface area (Å²) in [6.07, 6.45) is 4.19. The Balaban J connectivity index is 0.00000112. The fourth-order valence-corrected chi connectivity index (χ4v) is 1.88. The third-order valence-electron chi connectivity index (χ3n) is 2.61. The fraction of sp³-hybridized carbons (Fsp3) is 0.250. The predicted octanol–water partition coefficient (Wildman–Crippen LogP) is -0.960. The van der Waals surface area contributed by atoms with Crippen molar-refractivity contribution in [2.75, 3.05) is 0 Å². The number of hydrogen-bond donors (Lipinski definition) is 0. The molecule has 0 aliphatic rings. The summed E-state index contributed by atoms with van der Waals surface area (Å²) in [5.41, 5.74) is 2.53. The van der Waals surface area contributed by atoms with Crippen molar-refractivity contribution < 1.29 is 17.0 Å². The molecule has 1 heterocycles. The van der Waals surface area contributed by atoms with Crippen LogP contribution in [0.25, 0.3) is 17.1 Å². The first-order valence-corrected chi connectivity index (χ1v) is 4.82. The highest BCUT2D eigenvalue weighted by molar-refractivity contribution is 5.73. The van der Waals surface area contributed by atoms with E-state index < -0.39 is 0 Å². The van der Waals surface area contributed by atoms with Gasteiger partial charge in [0.05, 0.1) is 14.1 Å². The molecule has 1 aromatic carbocycles. The van der Waals surface area contributed by atoms with Crippen molar-refractivity contribution in [3.8, 4) is 0 Å². The molecule has 0 fully saturated rings. The Morgan fingerprint density at radius 3 is 2.53 bits per heavy atom. The van der Waals surface area contributed by atoms with Crippen LogP contribution in [0.3, 0.4) is 0 Å². The molecule has 0 atom stereocenters. The molecule has 2 aromatic rings. The van der Waals surface area contributed by atoms with E-state index in [1.807, 2.05) is 6.92 Å². The van der Waals surface area contributed by atoms with Crippen LogP contribution < -0.4 is 17.0 Å². The van der Waals surface area contributed by atoms with Crippen LogP contribution in [0.15, 0.2) is 30.3 Å². The molecule has 0 N–H and O–H groups in total. The average Bonchev–Trinajstić information content (AvgIpc) is 2.45. The second-order valence-corrected chi connectivity index (χ2v) is 3.46. The number of benzene rings is 1. The minimum Gasteiger partial charge on any atom is -1.00 e. The molecule has 0 aliphatic carbocycles. The molecule has 1 aromatic heterocycles. The van der Waals surface area contributed by atoms with Gasteiger partial charge in [-0.25, -0.2) is 9.13 Å². The van der Waals surface area contributed by atoms with Gasteiger partial charge < -0.3 is 12.4 Å². The summed E-state index contributed by atoms with van der Waals surface area (Å²) >= 11 is 0. The zero-order valence-corrected chi connectivity index (χ0v) is 9.99. The molecule has 0 aliphatic heterocycles. The number of imidazole rings is 1. The van der Waals surface area contributed by atoms with E-state index in [2.05, 4.69) is 59.6 Å². The molecule has 0 unspecified atom stereocenters. The number of aromatic nitrogens is 2. The SMILES string of the molecule is CC=Cc1n(C)c2ccccc2[n+]1C.[Cl-]. The van der Waals surface area contributed by atoms with E-state index in [1.54, 1.807) is 0 Å². The quantitative estimate of drug-likeness (QED) is 0.550. The molecule has 0 radical (unpaired) electrons. The van der Waals surface area contributed by atoms with E-state index in [0.717, 1.165) is 0 Å². The van der Waals surface area contributed by atoms with Crippen LogP contribution in [0.2, 0.25) is 0 Å². The monoisotopic (exact) mass is 222 g/mol. The molecule has 0 spiro atoms. The molecule has 80 valence electrons. The van der Waals surface area contributed by atoms with Gasteiger partial charge in [-0.05, 0) is 19.1 Å². The molecular weight excluding hydrogens is 208 g/mol. The molecule has 0 saturated heterocycles. The van der Waals surface area contributed by atoms with E-state index in [1.165, 1.54) is 16.9 Å². The summed E-state index contributed by atoms with van der Waals surface area (Å²) in [4.78, 5) is 0. The molecule has 0 saturated carbocycles. The standard InChI is InChI=1S/C12H15N2.ClH/c1-4-7-12-13(2)10-8-5-6-9-11(10)14(12)3;/h4-9H,1-3H3;1H/q+1;/p-1. The maximum atomic E-state index is 2.20. The third-order valence-corrected chi connectivity index (χ3v) is 2.61. The van der Waals surface area contributed by atoms with Crippen molar-refractivity contribution in [1.29, 1.82) is 0 Å². The van der Waals surface area contributed by atoms with Gasteiger partial charge in [-0.2, -0.15) is 0 Å².